The number of thioether (sulfide) groups is 2. The van der Waals surface area contributed by atoms with Gasteiger partial charge in [0.2, 0.25) is 0 Å². The molecule has 66 valence electrons. The highest BCUT2D eigenvalue weighted by Crippen LogP contribution is 2.38. The van der Waals surface area contributed by atoms with Crippen molar-refractivity contribution in [3.8, 4) is 12.1 Å². The lowest BCUT2D eigenvalue weighted by Gasteiger charge is -1.87. The van der Waals surface area contributed by atoms with Gasteiger partial charge < -0.3 is 0 Å². The van der Waals surface area contributed by atoms with E-state index in [2.05, 4.69) is 12.1 Å². The Morgan fingerprint density at radius 3 is 1.62 bits per heavy atom. The molecular formula is C8H6N2S3. The van der Waals surface area contributed by atoms with Crippen molar-refractivity contribution in [2.24, 2.45) is 0 Å². The van der Waals surface area contributed by atoms with Crippen LogP contribution in [0.3, 0.4) is 0 Å². The van der Waals surface area contributed by atoms with Crippen LogP contribution in [0, 0.1) is 22.7 Å². The molecule has 1 aromatic rings. The maximum atomic E-state index is 8.85. The van der Waals surface area contributed by atoms with Crippen LogP contribution in [0.2, 0.25) is 0 Å². The van der Waals surface area contributed by atoms with Gasteiger partial charge in [-0.2, -0.15) is 10.5 Å². The Hall–Kier alpha value is -0.620. The normalized spacial score (nSPS) is 9.23. The molecule has 2 nitrogen and oxygen atoms in total. The SMILES string of the molecule is CSc1sc(SC)c(C#N)c1C#N. The van der Waals surface area contributed by atoms with E-state index < -0.39 is 0 Å². The highest BCUT2D eigenvalue weighted by molar-refractivity contribution is 8.02. The van der Waals surface area contributed by atoms with Crippen molar-refractivity contribution in [2.75, 3.05) is 12.5 Å². The third kappa shape index (κ3) is 1.83. The smallest absolute Gasteiger partial charge is 0.103 e. The predicted octanol–water partition coefficient (Wildman–Crippen LogP) is 2.94. The van der Waals surface area contributed by atoms with E-state index in [-0.39, 0.29) is 0 Å². The van der Waals surface area contributed by atoms with Crippen molar-refractivity contribution in [3.63, 3.8) is 0 Å². The minimum atomic E-state index is 0.532. The second kappa shape index (κ2) is 4.57. The van der Waals surface area contributed by atoms with Crippen LogP contribution in [0.25, 0.3) is 0 Å². The van der Waals surface area contributed by atoms with Crippen LogP contribution in [-0.4, -0.2) is 12.5 Å². The summed E-state index contributed by atoms with van der Waals surface area (Å²) in [6.07, 6.45) is 3.83. The van der Waals surface area contributed by atoms with E-state index in [0.29, 0.717) is 11.1 Å². The summed E-state index contributed by atoms with van der Waals surface area (Å²) >= 11 is 4.55. The Morgan fingerprint density at radius 1 is 1.00 bits per heavy atom. The van der Waals surface area contributed by atoms with Crippen molar-refractivity contribution in [2.45, 2.75) is 8.42 Å². The largest absolute Gasteiger partial charge is 0.192 e. The molecule has 0 aliphatic heterocycles. The fraction of sp³-hybridized carbons (Fsp3) is 0.250. The topological polar surface area (TPSA) is 47.6 Å². The van der Waals surface area contributed by atoms with E-state index in [1.165, 1.54) is 34.9 Å². The molecule has 1 rings (SSSR count). The molecule has 1 heterocycles. The van der Waals surface area contributed by atoms with Crippen LogP contribution in [0.5, 0.6) is 0 Å². The molecule has 0 atom stereocenters. The number of nitrogens with zero attached hydrogens (tertiary/aromatic N) is 2. The predicted molar refractivity (Wildman–Crippen MR) is 57.3 cm³/mol. The number of nitriles is 2. The molecule has 0 aliphatic carbocycles. The maximum absolute atomic E-state index is 8.85. The standard InChI is InChI=1S/C8H6N2S3/c1-11-7-5(3-9)6(4-10)8(12-2)13-7/h1-2H3. The van der Waals surface area contributed by atoms with E-state index in [0.717, 1.165) is 8.42 Å². The molecule has 0 N–H and O–H groups in total. The number of thiophene rings is 1. The Kier molecular flexibility index (Phi) is 3.68. The van der Waals surface area contributed by atoms with Crippen LogP contribution in [0.4, 0.5) is 0 Å². The van der Waals surface area contributed by atoms with Gasteiger partial charge in [0.1, 0.15) is 12.1 Å². The van der Waals surface area contributed by atoms with E-state index in [1.807, 2.05) is 12.5 Å². The van der Waals surface area contributed by atoms with E-state index in [1.54, 1.807) is 0 Å². The molecule has 0 saturated carbocycles. The lowest BCUT2D eigenvalue weighted by Crippen LogP contribution is -1.78. The molecule has 0 bridgehead atoms. The summed E-state index contributed by atoms with van der Waals surface area (Å²) in [6, 6.07) is 4.15. The first kappa shape index (κ1) is 10.5. The third-order valence-electron chi connectivity index (χ3n) is 1.44. The summed E-state index contributed by atoms with van der Waals surface area (Å²) in [7, 11) is 0. The van der Waals surface area contributed by atoms with Crippen molar-refractivity contribution in [1.29, 1.82) is 10.5 Å². The first-order valence-electron chi connectivity index (χ1n) is 3.33. The lowest BCUT2D eigenvalue weighted by molar-refractivity contribution is 1.40. The second-order valence-corrected chi connectivity index (χ2v) is 5.23. The van der Waals surface area contributed by atoms with Gasteiger partial charge in [0, 0.05) is 0 Å². The molecule has 0 radical (unpaired) electrons. The van der Waals surface area contributed by atoms with Crippen molar-refractivity contribution < 1.29 is 0 Å². The second-order valence-electron chi connectivity index (χ2n) is 2.06. The maximum Gasteiger partial charge on any atom is 0.103 e. The van der Waals surface area contributed by atoms with Gasteiger partial charge in [0.25, 0.3) is 0 Å². The summed E-state index contributed by atoms with van der Waals surface area (Å²) in [5.74, 6) is 0. The van der Waals surface area contributed by atoms with E-state index >= 15 is 0 Å². The Bertz CT molecular complexity index is 358. The molecular weight excluding hydrogens is 220 g/mol. The molecule has 1 aromatic heterocycles. The van der Waals surface area contributed by atoms with Gasteiger partial charge in [-0.3, -0.25) is 0 Å². The zero-order chi connectivity index (χ0) is 9.84. The highest BCUT2D eigenvalue weighted by Gasteiger charge is 2.16. The average molecular weight is 226 g/mol. The summed E-state index contributed by atoms with van der Waals surface area (Å²) in [5.41, 5.74) is 1.06. The first-order valence-corrected chi connectivity index (χ1v) is 6.60. The van der Waals surface area contributed by atoms with Gasteiger partial charge in [-0.25, -0.2) is 0 Å². The Morgan fingerprint density at radius 2 is 1.38 bits per heavy atom. The van der Waals surface area contributed by atoms with Crippen LogP contribution < -0.4 is 0 Å². The molecule has 0 amide bonds. The zero-order valence-corrected chi connectivity index (χ0v) is 9.57. The quantitative estimate of drug-likeness (QED) is 0.727. The number of rotatable bonds is 2. The van der Waals surface area contributed by atoms with Gasteiger partial charge in [-0.05, 0) is 12.5 Å². The van der Waals surface area contributed by atoms with E-state index in [9.17, 15) is 0 Å². The summed E-state index contributed by atoms with van der Waals surface area (Å²) in [6.45, 7) is 0. The van der Waals surface area contributed by atoms with Crippen LogP contribution >= 0.6 is 34.9 Å². The van der Waals surface area contributed by atoms with Crippen molar-refractivity contribution in [3.05, 3.63) is 11.1 Å². The molecule has 0 saturated heterocycles. The van der Waals surface area contributed by atoms with Gasteiger partial charge in [0.05, 0.1) is 19.5 Å². The monoisotopic (exact) mass is 226 g/mol. The van der Waals surface area contributed by atoms with Crippen LogP contribution in [0.15, 0.2) is 8.42 Å². The van der Waals surface area contributed by atoms with Gasteiger partial charge >= 0.3 is 0 Å². The van der Waals surface area contributed by atoms with Gasteiger partial charge in [-0.1, -0.05) is 0 Å². The van der Waals surface area contributed by atoms with Crippen molar-refractivity contribution >= 4 is 34.9 Å². The lowest BCUT2D eigenvalue weighted by atomic mass is 10.2. The highest BCUT2D eigenvalue weighted by atomic mass is 32.2. The fourth-order valence-corrected chi connectivity index (χ4v) is 3.58. The van der Waals surface area contributed by atoms with Crippen LogP contribution in [-0.2, 0) is 0 Å². The average Bonchev–Trinajstić information content (AvgIpc) is 2.54. The minimum Gasteiger partial charge on any atom is -0.192 e. The molecule has 0 unspecified atom stereocenters. The first-order chi connectivity index (χ1) is 6.28. The fourth-order valence-electron chi connectivity index (χ4n) is 0.881. The van der Waals surface area contributed by atoms with Crippen molar-refractivity contribution in [1.82, 2.24) is 0 Å². The summed E-state index contributed by atoms with van der Waals surface area (Å²) in [4.78, 5) is 0. The summed E-state index contributed by atoms with van der Waals surface area (Å²) < 4.78 is 1.87. The molecule has 0 fully saturated rings. The molecule has 0 aromatic carbocycles. The van der Waals surface area contributed by atoms with E-state index in [4.69, 9.17) is 10.5 Å². The third-order valence-corrected chi connectivity index (χ3v) is 4.87. The summed E-state index contributed by atoms with van der Waals surface area (Å²) in [5, 5.41) is 17.7. The minimum absolute atomic E-state index is 0.532. The van der Waals surface area contributed by atoms with Gasteiger partial charge in [0.15, 0.2) is 0 Å². The Labute approximate surface area is 89.6 Å². The number of hydrogen-bond acceptors (Lipinski definition) is 5. The zero-order valence-electron chi connectivity index (χ0n) is 7.12. The molecule has 0 spiro atoms. The Balaban J connectivity index is 3.39. The molecule has 13 heavy (non-hydrogen) atoms. The van der Waals surface area contributed by atoms with Crippen LogP contribution in [0.1, 0.15) is 11.1 Å². The molecule has 0 aliphatic rings. The number of hydrogen-bond donors (Lipinski definition) is 0. The van der Waals surface area contributed by atoms with Gasteiger partial charge in [-0.15, -0.1) is 34.9 Å². The molecule has 5 heteroatoms.